The number of hydrogen-bond donors (Lipinski definition) is 2. The van der Waals surface area contributed by atoms with Crippen LogP contribution in [-0.2, 0) is 25.6 Å². The van der Waals surface area contributed by atoms with Gasteiger partial charge in [-0.3, -0.25) is 4.18 Å². The first kappa shape index (κ1) is 21.9. The van der Waals surface area contributed by atoms with E-state index in [2.05, 4.69) is 5.32 Å². The van der Waals surface area contributed by atoms with Gasteiger partial charge in [-0.05, 0) is 23.3 Å². The van der Waals surface area contributed by atoms with Crippen LogP contribution in [-0.4, -0.2) is 51.7 Å². The number of alkyl carbamates (subject to hydrolysis) is 1. The summed E-state index contributed by atoms with van der Waals surface area (Å²) in [6.07, 6.45) is -1.22. The quantitative estimate of drug-likeness (QED) is 0.600. The highest BCUT2D eigenvalue weighted by Gasteiger charge is 2.27. The van der Waals surface area contributed by atoms with Crippen LogP contribution in [0, 0.1) is 0 Å². The van der Waals surface area contributed by atoms with Crippen molar-refractivity contribution in [3.05, 3.63) is 59.7 Å². The first-order valence-electron chi connectivity index (χ1n) is 9.21. The monoisotopic (exact) mass is 437 g/mol. The summed E-state index contributed by atoms with van der Waals surface area (Å²) in [5, 5.41) is 13.2. The Bertz CT molecular complexity index is 964. The molecule has 0 fully saturated rings. The van der Waals surface area contributed by atoms with Crippen molar-refractivity contribution in [2.75, 3.05) is 26.1 Å². The Balaban J connectivity index is 1.70. The van der Waals surface area contributed by atoms with E-state index >= 15 is 0 Å². The van der Waals surface area contributed by atoms with Gasteiger partial charge in [-0.2, -0.15) is 8.42 Å². The summed E-state index contributed by atoms with van der Waals surface area (Å²) in [5.41, 5.74) is 1.17. The summed E-state index contributed by atoms with van der Waals surface area (Å²) in [6.45, 7) is 0.340. The average molecular weight is 437 g/mol. The third-order valence-electron chi connectivity index (χ3n) is 4.27. The minimum Gasteiger partial charge on any atom is -0.486 e. The molecule has 0 radical (unpaired) electrons. The fourth-order valence-corrected chi connectivity index (χ4v) is 3.19. The topological polar surface area (TPSA) is 120 Å². The van der Waals surface area contributed by atoms with E-state index < -0.39 is 35.0 Å². The minimum absolute atomic E-state index is 0.0203. The predicted octanol–water partition coefficient (Wildman–Crippen LogP) is 1.76. The zero-order valence-electron chi connectivity index (χ0n) is 16.3. The van der Waals surface area contributed by atoms with Gasteiger partial charge in [0.15, 0.2) is 11.5 Å². The number of carbonyl (C=O) groups excluding carboxylic acids is 1. The number of nitrogens with one attached hydrogen (secondary N) is 1. The molecular weight excluding hydrogens is 414 g/mol. The Labute approximate surface area is 174 Å². The van der Waals surface area contributed by atoms with Gasteiger partial charge < -0.3 is 24.6 Å². The zero-order valence-corrected chi connectivity index (χ0v) is 17.1. The zero-order chi connectivity index (χ0) is 21.6. The second-order valence-electron chi connectivity index (χ2n) is 6.65. The number of ether oxygens (including phenoxy) is 3. The number of rotatable bonds is 8. The van der Waals surface area contributed by atoms with Gasteiger partial charge in [-0.15, -0.1) is 0 Å². The van der Waals surface area contributed by atoms with Crippen molar-refractivity contribution in [1.29, 1.82) is 0 Å². The average Bonchev–Trinajstić information content (AvgIpc) is 2.74. The maximum absolute atomic E-state index is 12.2. The number of aliphatic hydroxyl groups is 1. The molecule has 0 bridgehead atoms. The Morgan fingerprint density at radius 3 is 2.53 bits per heavy atom. The Morgan fingerprint density at radius 1 is 1.13 bits per heavy atom. The molecule has 10 heteroatoms. The Morgan fingerprint density at radius 2 is 1.83 bits per heavy atom. The summed E-state index contributed by atoms with van der Waals surface area (Å²) in [5.74, 6) is 0.989. The van der Waals surface area contributed by atoms with E-state index in [4.69, 9.17) is 18.4 Å². The predicted molar refractivity (Wildman–Crippen MR) is 107 cm³/mol. The van der Waals surface area contributed by atoms with Crippen molar-refractivity contribution in [1.82, 2.24) is 5.32 Å². The van der Waals surface area contributed by atoms with Crippen LogP contribution in [0.5, 0.6) is 11.5 Å². The van der Waals surface area contributed by atoms with Crippen LogP contribution >= 0.6 is 0 Å². The molecule has 0 saturated heterocycles. The van der Waals surface area contributed by atoms with Crippen LogP contribution in [0.25, 0.3) is 0 Å². The second kappa shape index (κ2) is 9.79. The molecule has 0 spiro atoms. The fourth-order valence-electron chi connectivity index (χ4n) is 2.80. The van der Waals surface area contributed by atoms with E-state index in [1.54, 1.807) is 30.3 Å². The summed E-state index contributed by atoms with van der Waals surface area (Å²) in [6, 6.07) is 12.8. The van der Waals surface area contributed by atoms with E-state index in [1.807, 2.05) is 18.2 Å². The lowest BCUT2D eigenvalue weighted by Crippen LogP contribution is -2.43. The first-order valence-corrected chi connectivity index (χ1v) is 11.0. The number of aliphatic hydroxyl groups excluding tert-OH is 1. The molecule has 0 saturated carbocycles. The number of amides is 1. The van der Waals surface area contributed by atoms with Gasteiger partial charge in [0.05, 0.1) is 18.9 Å². The standard InChI is InChI=1S/C20H23NO8S/c1-30(24,25)29-13-16(21-20(23)28-12-14-5-3-2-4-6-14)19(22)15-7-8-17-18(11-15)27-10-9-26-17/h2-8,11,16,19,22H,9-10,12-13H2,1H3,(H,21,23)/t16-,19?/m1/s1. The molecule has 0 aromatic heterocycles. The lowest BCUT2D eigenvalue weighted by molar-refractivity contribution is 0.0824. The molecule has 1 aliphatic rings. The Hall–Kier alpha value is -2.82. The molecule has 1 heterocycles. The largest absolute Gasteiger partial charge is 0.486 e. The van der Waals surface area contributed by atoms with E-state index in [0.29, 0.717) is 30.3 Å². The van der Waals surface area contributed by atoms with Gasteiger partial charge in [0, 0.05) is 0 Å². The normalized spacial score (nSPS) is 15.1. The lowest BCUT2D eigenvalue weighted by atomic mass is 10.0. The molecule has 162 valence electrons. The van der Waals surface area contributed by atoms with Crippen LogP contribution in [0.4, 0.5) is 4.79 Å². The molecule has 30 heavy (non-hydrogen) atoms. The highest BCUT2D eigenvalue weighted by Crippen LogP contribution is 2.33. The van der Waals surface area contributed by atoms with Crippen LogP contribution in [0.15, 0.2) is 48.5 Å². The molecule has 0 aliphatic carbocycles. The summed E-state index contributed by atoms with van der Waals surface area (Å²) in [4.78, 5) is 12.2. The molecule has 2 aromatic rings. The smallest absolute Gasteiger partial charge is 0.407 e. The third-order valence-corrected chi connectivity index (χ3v) is 4.83. The molecule has 3 rings (SSSR count). The van der Waals surface area contributed by atoms with Crippen LogP contribution in [0.2, 0.25) is 0 Å². The van der Waals surface area contributed by atoms with Crippen LogP contribution < -0.4 is 14.8 Å². The highest BCUT2D eigenvalue weighted by atomic mass is 32.2. The van der Waals surface area contributed by atoms with Crippen molar-refractivity contribution in [2.45, 2.75) is 18.8 Å². The minimum atomic E-state index is -3.79. The molecular formula is C20H23NO8S. The molecule has 2 atom stereocenters. The molecule has 1 amide bonds. The van der Waals surface area contributed by atoms with E-state index in [-0.39, 0.29) is 6.61 Å². The molecule has 9 nitrogen and oxygen atoms in total. The third kappa shape index (κ3) is 6.34. The van der Waals surface area contributed by atoms with Gasteiger partial charge in [0.25, 0.3) is 10.1 Å². The van der Waals surface area contributed by atoms with Crippen molar-refractivity contribution in [2.24, 2.45) is 0 Å². The highest BCUT2D eigenvalue weighted by molar-refractivity contribution is 7.85. The Kier molecular flexibility index (Phi) is 7.14. The first-order chi connectivity index (χ1) is 14.3. The molecule has 2 aromatic carbocycles. The maximum Gasteiger partial charge on any atom is 0.407 e. The van der Waals surface area contributed by atoms with Crippen molar-refractivity contribution in [3.8, 4) is 11.5 Å². The van der Waals surface area contributed by atoms with E-state index in [0.717, 1.165) is 11.8 Å². The fraction of sp³-hybridized carbons (Fsp3) is 0.350. The maximum atomic E-state index is 12.2. The van der Waals surface area contributed by atoms with E-state index in [9.17, 15) is 18.3 Å². The van der Waals surface area contributed by atoms with E-state index in [1.165, 1.54) is 0 Å². The summed E-state index contributed by atoms with van der Waals surface area (Å²) in [7, 11) is -3.79. The van der Waals surface area contributed by atoms with Gasteiger partial charge >= 0.3 is 6.09 Å². The number of benzene rings is 2. The van der Waals surface area contributed by atoms with Crippen molar-refractivity contribution < 1.29 is 36.7 Å². The summed E-state index contributed by atoms with van der Waals surface area (Å²) < 4.78 is 43.7. The molecule has 2 N–H and O–H groups in total. The van der Waals surface area contributed by atoms with Crippen molar-refractivity contribution in [3.63, 3.8) is 0 Å². The SMILES string of the molecule is CS(=O)(=O)OC[C@@H](NC(=O)OCc1ccccc1)C(O)c1ccc2c(c1)OCCO2. The van der Waals surface area contributed by atoms with Gasteiger partial charge in [0.2, 0.25) is 0 Å². The van der Waals surface area contributed by atoms with Crippen molar-refractivity contribution >= 4 is 16.2 Å². The number of fused-ring (bicyclic) bond motifs is 1. The van der Waals surface area contributed by atoms with Crippen LogP contribution in [0.3, 0.4) is 0 Å². The lowest BCUT2D eigenvalue weighted by Gasteiger charge is -2.25. The number of hydrogen-bond acceptors (Lipinski definition) is 8. The summed E-state index contributed by atoms with van der Waals surface area (Å²) >= 11 is 0. The molecule has 1 unspecified atom stereocenters. The van der Waals surface area contributed by atoms with Gasteiger partial charge in [0.1, 0.15) is 25.9 Å². The molecule has 1 aliphatic heterocycles. The van der Waals surface area contributed by atoms with Gasteiger partial charge in [-0.25, -0.2) is 4.79 Å². The second-order valence-corrected chi connectivity index (χ2v) is 8.29. The van der Waals surface area contributed by atoms with Gasteiger partial charge in [-0.1, -0.05) is 36.4 Å². The van der Waals surface area contributed by atoms with Crippen LogP contribution in [0.1, 0.15) is 17.2 Å². The number of carbonyl (C=O) groups is 1.